The van der Waals surface area contributed by atoms with Crippen molar-refractivity contribution in [2.24, 2.45) is 0 Å². The maximum atomic E-state index is 13.5. The van der Waals surface area contributed by atoms with Crippen LogP contribution in [0.1, 0.15) is 40.7 Å². The van der Waals surface area contributed by atoms with Crippen LogP contribution in [0.2, 0.25) is 5.02 Å². The number of likely N-dealkylation sites (tertiary alicyclic amines) is 1. The van der Waals surface area contributed by atoms with Gasteiger partial charge in [-0.2, -0.15) is 0 Å². The van der Waals surface area contributed by atoms with Crippen molar-refractivity contribution in [2.45, 2.75) is 30.7 Å². The Balaban J connectivity index is 1.25. The van der Waals surface area contributed by atoms with E-state index >= 15 is 0 Å². The highest BCUT2D eigenvalue weighted by Gasteiger charge is 2.29. The van der Waals surface area contributed by atoms with E-state index in [2.05, 4.69) is 5.32 Å². The van der Waals surface area contributed by atoms with Crippen LogP contribution in [0.3, 0.4) is 0 Å². The number of thioether (sulfide) groups is 1. The Bertz CT molecular complexity index is 1390. The van der Waals surface area contributed by atoms with Crippen molar-refractivity contribution >= 4 is 52.8 Å². The normalized spacial score (nSPS) is 16.2. The minimum absolute atomic E-state index is 0.0769. The summed E-state index contributed by atoms with van der Waals surface area (Å²) in [4.78, 5) is 43.0. The molecule has 5 rings (SSSR count). The van der Waals surface area contributed by atoms with Gasteiger partial charge in [0.05, 0.1) is 17.1 Å². The molecule has 2 heterocycles. The zero-order valence-electron chi connectivity index (χ0n) is 20.9. The first kappa shape index (κ1) is 26.1. The topological polar surface area (TPSA) is 69.7 Å². The number of hydrogen-bond donors (Lipinski definition) is 1. The van der Waals surface area contributed by atoms with Crippen LogP contribution in [-0.4, -0.2) is 42.3 Å². The zero-order valence-corrected chi connectivity index (χ0v) is 22.4. The lowest BCUT2D eigenvalue weighted by atomic mass is 10.1. The van der Waals surface area contributed by atoms with Crippen LogP contribution in [-0.2, 0) is 16.1 Å². The van der Waals surface area contributed by atoms with Crippen LogP contribution in [0.15, 0.2) is 82.6 Å². The average molecular weight is 546 g/mol. The molecule has 3 aromatic carbocycles. The third-order valence-corrected chi connectivity index (χ3v) is 7.91. The average Bonchev–Trinajstić information content (AvgIpc) is 3.33. The van der Waals surface area contributed by atoms with Crippen molar-refractivity contribution in [2.75, 3.05) is 24.5 Å². The molecule has 3 aromatic rings. The zero-order chi connectivity index (χ0) is 26.5. The molecule has 0 aliphatic carbocycles. The summed E-state index contributed by atoms with van der Waals surface area (Å²) in [5.74, 6) is -0.0274. The van der Waals surface area contributed by atoms with Crippen molar-refractivity contribution in [1.29, 1.82) is 0 Å². The molecule has 6 nitrogen and oxygen atoms in total. The molecule has 2 aliphatic rings. The van der Waals surface area contributed by atoms with E-state index in [0.717, 1.165) is 41.1 Å². The van der Waals surface area contributed by atoms with Gasteiger partial charge in [-0.3, -0.25) is 14.4 Å². The van der Waals surface area contributed by atoms with Gasteiger partial charge in [-0.1, -0.05) is 59.8 Å². The van der Waals surface area contributed by atoms with Crippen LogP contribution in [0, 0.1) is 0 Å². The number of carbonyl (C=O) groups is 3. The van der Waals surface area contributed by atoms with Crippen molar-refractivity contribution in [3.63, 3.8) is 0 Å². The SMILES string of the molecule is O=C(NCCCN1CCCC1=O)c1ccc(C=C2Sc3ccccc3N(Cc3cccc(Cl)c3)C2=O)cc1. The van der Waals surface area contributed by atoms with Crippen LogP contribution in [0.4, 0.5) is 5.69 Å². The second kappa shape index (κ2) is 11.9. The number of nitrogens with zero attached hydrogens (tertiary/aromatic N) is 2. The Labute approximate surface area is 231 Å². The molecule has 1 fully saturated rings. The summed E-state index contributed by atoms with van der Waals surface area (Å²) < 4.78 is 0. The van der Waals surface area contributed by atoms with Gasteiger partial charge in [-0.25, -0.2) is 0 Å². The van der Waals surface area contributed by atoms with Crippen LogP contribution >= 0.6 is 23.4 Å². The number of hydrogen-bond acceptors (Lipinski definition) is 4. The summed E-state index contributed by atoms with van der Waals surface area (Å²) >= 11 is 7.62. The van der Waals surface area contributed by atoms with E-state index in [4.69, 9.17) is 11.6 Å². The highest BCUT2D eigenvalue weighted by atomic mass is 35.5. The monoisotopic (exact) mass is 545 g/mol. The van der Waals surface area contributed by atoms with Gasteiger partial charge in [0.25, 0.3) is 11.8 Å². The van der Waals surface area contributed by atoms with Gasteiger partial charge in [0.2, 0.25) is 5.91 Å². The predicted molar refractivity (Wildman–Crippen MR) is 152 cm³/mol. The number of nitrogens with one attached hydrogen (secondary N) is 1. The number of anilines is 1. The van der Waals surface area contributed by atoms with E-state index in [0.29, 0.717) is 41.5 Å². The summed E-state index contributed by atoms with van der Waals surface area (Å²) in [6.07, 6.45) is 4.15. The number of para-hydroxylation sites is 1. The summed E-state index contributed by atoms with van der Waals surface area (Å²) in [6.45, 7) is 2.42. The Kier molecular flexibility index (Phi) is 8.15. The van der Waals surface area contributed by atoms with E-state index in [1.54, 1.807) is 17.0 Å². The fraction of sp³-hybridized carbons (Fsp3) is 0.233. The molecule has 0 radical (unpaired) electrons. The first-order valence-corrected chi connectivity index (χ1v) is 13.9. The number of fused-ring (bicyclic) bond motifs is 1. The summed E-state index contributed by atoms with van der Waals surface area (Å²) in [7, 11) is 0. The van der Waals surface area contributed by atoms with Gasteiger partial charge in [0, 0.05) is 41.5 Å². The fourth-order valence-electron chi connectivity index (χ4n) is 4.63. The Morgan fingerprint density at radius 1 is 1.03 bits per heavy atom. The molecule has 0 saturated carbocycles. The molecule has 1 saturated heterocycles. The van der Waals surface area contributed by atoms with Gasteiger partial charge in [0.1, 0.15) is 0 Å². The van der Waals surface area contributed by atoms with E-state index < -0.39 is 0 Å². The highest BCUT2D eigenvalue weighted by molar-refractivity contribution is 8.04. The van der Waals surface area contributed by atoms with Crippen LogP contribution in [0.25, 0.3) is 6.08 Å². The van der Waals surface area contributed by atoms with Gasteiger partial charge >= 0.3 is 0 Å². The van der Waals surface area contributed by atoms with E-state index in [-0.39, 0.29) is 17.7 Å². The first-order chi connectivity index (χ1) is 18.5. The second-order valence-corrected chi connectivity index (χ2v) is 10.8. The van der Waals surface area contributed by atoms with E-state index in [1.807, 2.05) is 71.6 Å². The van der Waals surface area contributed by atoms with Crippen molar-refractivity contribution in [3.8, 4) is 0 Å². The molecule has 3 amide bonds. The molecular weight excluding hydrogens is 518 g/mol. The molecule has 38 heavy (non-hydrogen) atoms. The summed E-state index contributed by atoms with van der Waals surface area (Å²) in [5.41, 5.74) is 3.22. The third kappa shape index (κ3) is 6.11. The van der Waals surface area contributed by atoms with E-state index in [9.17, 15) is 14.4 Å². The Morgan fingerprint density at radius 3 is 2.61 bits per heavy atom. The quantitative estimate of drug-likeness (QED) is 0.288. The molecule has 194 valence electrons. The highest BCUT2D eigenvalue weighted by Crippen LogP contribution is 2.42. The molecule has 8 heteroatoms. The minimum atomic E-state index is -0.151. The standard InChI is InChI=1S/C30H28ClN3O3S/c31-24-7-3-6-22(18-24)20-34-25-8-1-2-9-26(25)38-27(30(34)37)19-21-11-13-23(14-12-21)29(36)32-15-5-17-33-16-4-10-28(33)35/h1-3,6-9,11-14,18-19H,4-5,10,15-17,20H2,(H,32,36). The largest absolute Gasteiger partial charge is 0.352 e. The van der Waals surface area contributed by atoms with Gasteiger partial charge in [-0.05, 0) is 66.4 Å². The maximum Gasteiger partial charge on any atom is 0.265 e. The third-order valence-electron chi connectivity index (χ3n) is 6.59. The molecular formula is C30H28ClN3O3S. The molecule has 0 atom stereocenters. The van der Waals surface area contributed by atoms with Crippen molar-refractivity contribution < 1.29 is 14.4 Å². The summed E-state index contributed by atoms with van der Waals surface area (Å²) in [6, 6.07) is 22.6. The fourth-order valence-corrected chi connectivity index (χ4v) is 5.91. The minimum Gasteiger partial charge on any atom is -0.352 e. The number of carbonyl (C=O) groups excluding carboxylic acids is 3. The number of rotatable bonds is 8. The molecule has 0 aromatic heterocycles. The van der Waals surface area contributed by atoms with Crippen molar-refractivity contribution in [1.82, 2.24) is 10.2 Å². The molecule has 1 N–H and O–H groups in total. The van der Waals surface area contributed by atoms with Crippen LogP contribution in [0.5, 0.6) is 0 Å². The predicted octanol–water partition coefficient (Wildman–Crippen LogP) is 5.76. The number of amides is 3. The Hall–Kier alpha value is -3.55. The van der Waals surface area contributed by atoms with Gasteiger partial charge in [0.15, 0.2) is 0 Å². The summed E-state index contributed by atoms with van der Waals surface area (Å²) in [5, 5.41) is 3.56. The number of halogens is 1. The Morgan fingerprint density at radius 2 is 1.84 bits per heavy atom. The second-order valence-electron chi connectivity index (χ2n) is 9.32. The maximum absolute atomic E-state index is 13.5. The molecule has 0 bridgehead atoms. The van der Waals surface area contributed by atoms with E-state index in [1.165, 1.54) is 11.8 Å². The lowest BCUT2D eigenvalue weighted by Gasteiger charge is -2.30. The molecule has 0 spiro atoms. The molecule has 2 aliphatic heterocycles. The van der Waals surface area contributed by atoms with Crippen LogP contribution < -0.4 is 10.2 Å². The number of benzene rings is 3. The lowest BCUT2D eigenvalue weighted by molar-refractivity contribution is -0.127. The lowest BCUT2D eigenvalue weighted by Crippen LogP contribution is -2.33. The smallest absolute Gasteiger partial charge is 0.265 e. The van der Waals surface area contributed by atoms with Gasteiger partial charge < -0.3 is 15.1 Å². The van der Waals surface area contributed by atoms with Crippen molar-refractivity contribution in [3.05, 3.63) is 99.4 Å². The first-order valence-electron chi connectivity index (χ1n) is 12.7. The van der Waals surface area contributed by atoms with Gasteiger partial charge in [-0.15, -0.1) is 0 Å². The molecule has 0 unspecified atom stereocenters.